The highest BCUT2D eigenvalue weighted by atomic mass is 14.9. The third-order valence-electron chi connectivity index (χ3n) is 6.12. The summed E-state index contributed by atoms with van der Waals surface area (Å²) < 4.78 is 0. The number of aryl methyl sites for hydroxylation is 2. The lowest BCUT2D eigenvalue weighted by atomic mass is 9.86. The number of hydrogen-bond donors (Lipinski definition) is 1. The van der Waals surface area contributed by atoms with Gasteiger partial charge in [-0.3, -0.25) is 0 Å². The van der Waals surface area contributed by atoms with Gasteiger partial charge >= 0.3 is 0 Å². The molecule has 0 fully saturated rings. The second kappa shape index (κ2) is 8.20. The van der Waals surface area contributed by atoms with Crippen LogP contribution in [0, 0.1) is 6.92 Å². The maximum atomic E-state index is 3.53. The fraction of sp³-hybridized carbons (Fsp3) is 0.172. The molecule has 1 aliphatic carbocycles. The van der Waals surface area contributed by atoms with Crippen LogP contribution in [0.3, 0.4) is 0 Å². The molecule has 0 radical (unpaired) electrons. The topological polar surface area (TPSA) is 12.0 Å². The minimum Gasteiger partial charge on any atom is -0.356 e. The van der Waals surface area contributed by atoms with Crippen LogP contribution < -0.4 is 5.32 Å². The molecule has 148 valence electrons. The smallest absolute Gasteiger partial charge is 0.0384 e. The highest BCUT2D eigenvalue weighted by molar-refractivity contribution is 5.73. The molecule has 4 aromatic rings. The molecule has 1 nitrogen and oxygen atoms in total. The van der Waals surface area contributed by atoms with Gasteiger partial charge < -0.3 is 5.32 Å². The van der Waals surface area contributed by atoms with Crippen molar-refractivity contribution in [1.29, 1.82) is 0 Å². The molecule has 0 aliphatic heterocycles. The Morgan fingerprint density at radius 1 is 0.600 bits per heavy atom. The van der Waals surface area contributed by atoms with Gasteiger partial charge in [0.05, 0.1) is 0 Å². The fourth-order valence-electron chi connectivity index (χ4n) is 4.52. The third kappa shape index (κ3) is 3.89. The first-order valence-electron chi connectivity index (χ1n) is 10.9. The average molecular weight is 390 g/mol. The standard InChI is InChI=1S/C29H27N/c1-21-6-4-9-25(20-21)22-12-16-26(17-13-22)30-27-18-14-24(15-19-27)29-11-5-8-23-7-2-3-10-28(23)29/h4-6,8-9,11-20,30H,2-3,7,10H2,1H3. The van der Waals surface area contributed by atoms with Gasteiger partial charge in [0.25, 0.3) is 0 Å². The number of benzene rings is 4. The molecule has 4 aromatic carbocycles. The highest BCUT2D eigenvalue weighted by Crippen LogP contribution is 2.32. The van der Waals surface area contributed by atoms with E-state index in [1.807, 2.05) is 0 Å². The summed E-state index contributed by atoms with van der Waals surface area (Å²) in [5.41, 5.74) is 11.8. The number of hydrogen-bond acceptors (Lipinski definition) is 1. The first kappa shape index (κ1) is 18.7. The predicted molar refractivity (Wildman–Crippen MR) is 128 cm³/mol. The zero-order valence-electron chi connectivity index (χ0n) is 17.5. The van der Waals surface area contributed by atoms with E-state index in [1.54, 1.807) is 5.56 Å². The molecule has 30 heavy (non-hydrogen) atoms. The number of fused-ring (bicyclic) bond motifs is 1. The molecule has 0 unspecified atom stereocenters. The quantitative estimate of drug-likeness (QED) is 0.373. The van der Waals surface area contributed by atoms with Crippen molar-refractivity contribution >= 4 is 11.4 Å². The molecule has 0 spiro atoms. The van der Waals surface area contributed by atoms with E-state index < -0.39 is 0 Å². The van der Waals surface area contributed by atoms with E-state index in [0.717, 1.165) is 11.4 Å². The molecular formula is C29H27N. The van der Waals surface area contributed by atoms with Crippen LogP contribution in [-0.2, 0) is 12.8 Å². The molecule has 1 N–H and O–H groups in total. The van der Waals surface area contributed by atoms with Crippen LogP contribution in [0.4, 0.5) is 11.4 Å². The molecule has 5 rings (SSSR count). The minimum atomic E-state index is 1.11. The van der Waals surface area contributed by atoms with Gasteiger partial charge in [0.15, 0.2) is 0 Å². The predicted octanol–water partition coefficient (Wildman–Crippen LogP) is 7.95. The Morgan fingerprint density at radius 3 is 2.00 bits per heavy atom. The van der Waals surface area contributed by atoms with Crippen molar-refractivity contribution in [3.05, 3.63) is 108 Å². The van der Waals surface area contributed by atoms with Gasteiger partial charge in [0.2, 0.25) is 0 Å². The summed E-state index contributed by atoms with van der Waals surface area (Å²) in [5.74, 6) is 0. The lowest BCUT2D eigenvalue weighted by molar-refractivity contribution is 0.687. The van der Waals surface area contributed by atoms with E-state index >= 15 is 0 Å². The Kier molecular flexibility index (Phi) is 5.11. The maximum Gasteiger partial charge on any atom is 0.0384 e. The van der Waals surface area contributed by atoms with Gasteiger partial charge in [-0.1, -0.05) is 72.3 Å². The number of anilines is 2. The summed E-state index contributed by atoms with van der Waals surface area (Å²) in [5, 5.41) is 3.53. The van der Waals surface area contributed by atoms with Crippen molar-refractivity contribution in [2.45, 2.75) is 32.6 Å². The van der Waals surface area contributed by atoms with E-state index in [0.29, 0.717) is 0 Å². The van der Waals surface area contributed by atoms with Crippen molar-refractivity contribution in [3.8, 4) is 22.3 Å². The summed E-state index contributed by atoms with van der Waals surface area (Å²) in [4.78, 5) is 0. The second-order valence-corrected chi connectivity index (χ2v) is 8.30. The molecule has 1 heteroatoms. The molecular weight excluding hydrogens is 362 g/mol. The first-order chi connectivity index (χ1) is 14.8. The molecule has 0 amide bonds. The highest BCUT2D eigenvalue weighted by Gasteiger charge is 2.13. The fourth-order valence-corrected chi connectivity index (χ4v) is 4.52. The maximum absolute atomic E-state index is 3.53. The van der Waals surface area contributed by atoms with Gasteiger partial charge in [0.1, 0.15) is 0 Å². The zero-order valence-corrected chi connectivity index (χ0v) is 17.5. The molecule has 0 heterocycles. The van der Waals surface area contributed by atoms with Crippen molar-refractivity contribution in [2.24, 2.45) is 0 Å². The van der Waals surface area contributed by atoms with E-state index in [-0.39, 0.29) is 0 Å². The van der Waals surface area contributed by atoms with Gasteiger partial charge in [0, 0.05) is 11.4 Å². The molecule has 0 atom stereocenters. The summed E-state index contributed by atoms with van der Waals surface area (Å²) in [6, 6.07) is 32.9. The monoisotopic (exact) mass is 389 g/mol. The van der Waals surface area contributed by atoms with E-state index in [2.05, 4.69) is 103 Å². The van der Waals surface area contributed by atoms with Crippen molar-refractivity contribution in [2.75, 3.05) is 5.32 Å². The average Bonchev–Trinajstić information content (AvgIpc) is 2.80. The number of rotatable bonds is 4. The van der Waals surface area contributed by atoms with E-state index in [4.69, 9.17) is 0 Å². The minimum absolute atomic E-state index is 1.11. The summed E-state index contributed by atoms with van der Waals surface area (Å²) in [7, 11) is 0. The van der Waals surface area contributed by atoms with Crippen molar-refractivity contribution in [1.82, 2.24) is 0 Å². The Bertz CT molecular complexity index is 1150. The van der Waals surface area contributed by atoms with Crippen LogP contribution >= 0.6 is 0 Å². The molecule has 1 aliphatic rings. The molecule has 0 saturated heterocycles. The van der Waals surface area contributed by atoms with Gasteiger partial charge in [-0.2, -0.15) is 0 Å². The largest absolute Gasteiger partial charge is 0.356 e. The Labute approximate surface area is 179 Å². The van der Waals surface area contributed by atoms with Crippen LogP contribution in [0.15, 0.2) is 91.0 Å². The zero-order chi connectivity index (χ0) is 20.3. The summed E-state index contributed by atoms with van der Waals surface area (Å²) >= 11 is 0. The Hall–Kier alpha value is -3.32. The third-order valence-corrected chi connectivity index (χ3v) is 6.12. The normalized spacial score (nSPS) is 13.0. The second-order valence-electron chi connectivity index (χ2n) is 8.30. The van der Waals surface area contributed by atoms with Gasteiger partial charge in [-0.25, -0.2) is 0 Å². The van der Waals surface area contributed by atoms with Crippen LogP contribution in [0.2, 0.25) is 0 Å². The molecule has 0 saturated carbocycles. The Balaban J connectivity index is 1.33. The summed E-state index contributed by atoms with van der Waals surface area (Å²) in [6.45, 7) is 2.13. The first-order valence-corrected chi connectivity index (χ1v) is 10.9. The van der Waals surface area contributed by atoms with Gasteiger partial charge in [-0.05, 0) is 90.3 Å². The van der Waals surface area contributed by atoms with Crippen LogP contribution in [-0.4, -0.2) is 0 Å². The van der Waals surface area contributed by atoms with Crippen LogP contribution in [0.1, 0.15) is 29.5 Å². The van der Waals surface area contributed by atoms with Crippen LogP contribution in [0.5, 0.6) is 0 Å². The van der Waals surface area contributed by atoms with Crippen molar-refractivity contribution in [3.63, 3.8) is 0 Å². The van der Waals surface area contributed by atoms with Crippen LogP contribution in [0.25, 0.3) is 22.3 Å². The number of nitrogens with one attached hydrogen (secondary N) is 1. The molecule has 0 bridgehead atoms. The van der Waals surface area contributed by atoms with E-state index in [1.165, 1.54) is 59.1 Å². The van der Waals surface area contributed by atoms with E-state index in [9.17, 15) is 0 Å². The Morgan fingerprint density at radius 2 is 1.27 bits per heavy atom. The van der Waals surface area contributed by atoms with Crippen molar-refractivity contribution < 1.29 is 0 Å². The van der Waals surface area contributed by atoms with Gasteiger partial charge in [-0.15, -0.1) is 0 Å². The molecule has 0 aromatic heterocycles. The summed E-state index contributed by atoms with van der Waals surface area (Å²) in [6.07, 6.45) is 5.06. The SMILES string of the molecule is Cc1cccc(-c2ccc(Nc3ccc(-c4cccc5c4CCCC5)cc3)cc2)c1. The lowest BCUT2D eigenvalue weighted by Crippen LogP contribution is -2.04. The lowest BCUT2D eigenvalue weighted by Gasteiger charge is -2.19.